The van der Waals surface area contributed by atoms with Crippen molar-refractivity contribution in [3.05, 3.63) is 52.4 Å². The number of piperidine rings is 1. The Labute approximate surface area is 177 Å². The number of fused-ring (bicyclic) bond motifs is 1. The van der Waals surface area contributed by atoms with Crippen LogP contribution in [-0.4, -0.2) is 28.4 Å². The van der Waals surface area contributed by atoms with E-state index in [0.29, 0.717) is 24.3 Å². The number of aromatic nitrogens is 2. The molecule has 1 aliphatic heterocycles. The lowest BCUT2D eigenvalue weighted by Crippen LogP contribution is -2.39. The summed E-state index contributed by atoms with van der Waals surface area (Å²) in [5, 5.41) is 12.8. The third-order valence-corrected chi connectivity index (χ3v) is 6.00. The van der Waals surface area contributed by atoms with E-state index in [4.69, 9.17) is 0 Å². The van der Waals surface area contributed by atoms with E-state index in [1.165, 1.54) is 0 Å². The monoisotopic (exact) mass is 429 g/mol. The summed E-state index contributed by atoms with van der Waals surface area (Å²) in [5.74, 6) is -1.26. The lowest BCUT2D eigenvalue weighted by molar-refractivity contribution is -0.179. The average Bonchev–Trinajstić information content (AvgIpc) is 2.97. The molecule has 0 unspecified atom stereocenters. The first-order valence-corrected chi connectivity index (χ1v) is 9.97. The van der Waals surface area contributed by atoms with Gasteiger partial charge in [-0.1, -0.05) is 0 Å². The van der Waals surface area contributed by atoms with Gasteiger partial charge in [-0.2, -0.15) is 18.4 Å². The van der Waals surface area contributed by atoms with Crippen molar-refractivity contribution in [3.63, 3.8) is 0 Å². The number of halogens is 3. The van der Waals surface area contributed by atoms with Crippen LogP contribution in [-0.2, 0) is 14.1 Å². The maximum absolute atomic E-state index is 12.9. The Bertz CT molecular complexity index is 1230. The second kappa shape index (κ2) is 7.69. The zero-order chi connectivity index (χ0) is 22.3. The van der Waals surface area contributed by atoms with Crippen LogP contribution >= 0.6 is 0 Å². The normalized spacial score (nSPS) is 15.3. The number of hydrogen-bond donors (Lipinski definition) is 1. The van der Waals surface area contributed by atoms with Gasteiger partial charge in [0.2, 0.25) is 0 Å². The molecule has 0 atom stereocenters. The van der Waals surface area contributed by atoms with Crippen molar-refractivity contribution >= 4 is 28.1 Å². The lowest BCUT2D eigenvalue weighted by Gasteiger charge is -2.34. The number of rotatable bonds is 3. The van der Waals surface area contributed by atoms with E-state index in [9.17, 15) is 23.2 Å². The zero-order valence-electron chi connectivity index (χ0n) is 17.2. The largest absolute Gasteiger partial charge is 0.391 e. The Balaban J connectivity index is 1.56. The number of imidazole rings is 1. The van der Waals surface area contributed by atoms with E-state index in [1.807, 2.05) is 29.2 Å². The van der Waals surface area contributed by atoms with E-state index in [-0.39, 0.29) is 18.5 Å². The fourth-order valence-corrected chi connectivity index (χ4v) is 4.14. The third-order valence-electron chi connectivity index (χ3n) is 6.00. The molecule has 1 saturated heterocycles. The molecule has 0 aliphatic carbocycles. The van der Waals surface area contributed by atoms with Crippen molar-refractivity contribution < 1.29 is 13.2 Å². The molecule has 0 spiro atoms. The van der Waals surface area contributed by atoms with Crippen molar-refractivity contribution in [2.75, 3.05) is 23.3 Å². The average molecular weight is 429 g/mol. The molecule has 6 nitrogen and oxygen atoms in total. The minimum atomic E-state index is -4.15. The number of nitrogens with zero attached hydrogens (tertiary/aromatic N) is 4. The Morgan fingerprint density at radius 3 is 2.35 bits per heavy atom. The highest BCUT2D eigenvalue weighted by Crippen LogP contribution is 2.36. The van der Waals surface area contributed by atoms with Crippen LogP contribution in [0.3, 0.4) is 0 Å². The fraction of sp³-hybridized carbons (Fsp3) is 0.364. The van der Waals surface area contributed by atoms with Gasteiger partial charge in [0.15, 0.2) is 0 Å². The summed E-state index contributed by atoms with van der Waals surface area (Å²) in [4.78, 5) is 14.0. The van der Waals surface area contributed by atoms with Gasteiger partial charge >= 0.3 is 11.9 Å². The van der Waals surface area contributed by atoms with Crippen molar-refractivity contribution in [2.24, 2.45) is 20.0 Å². The van der Waals surface area contributed by atoms with E-state index in [1.54, 1.807) is 35.4 Å². The zero-order valence-corrected chi connectivity index (χ0v) is 17.2. The molecule has 2 heterocycles. The van der Waals surface area contributed by atoms with Gasteiger partial charge in [-0.05, 0) is 49.2 Å². The molecule has 1 N–H and O–H groups in total. The number of nitriles is 1. The molecule has 1 fully saturated rings. The molecule has 0 amide bonds. The molecule has 31 heavy (non-hydrogen) atoms. The van der Waals surface area contributed by atoms with Crippen LogP contribution in [0.1, 0.15) is 18.4 Å². The van der Waals surface area contributed by atoms with E-state index >= 15 is 0 Å². The molecule has 0 bridgehead atoms. The topological polar surface area (TPSA) is 66.0 Å². The number of nitrogens with one attached hydrogen (secondary N) is 1. The summed E-state index contributed by atoms with van der Waals surface area (Å²) in [6, 6.07) is 12.9. The lowest BCUT2D eigenvalue weighted by atomic mass is 9.95. The first kappa shape index (κ1) is 20.8. The summed E-state index contributed by atoms with van der Waals surface area (Å²) in [6.07, 6.45) is -4.04. The van der Waals surface area contributed by atoms with E-state index in [0.717, 1.165) is 22.4 Å². The molecule has 0 radical (unpaired) electrons. The standard InChI is InChI=1S/C22H22F3N5O/c1-28-19-6-3-16(12-20(19)29(2)21(28)31)27-18-5-4-17(11-14(18)13-26)30-9-7-15(8-10-30)22(23,24)25/h3-6,11-12,15,27H,7-10H2,1-2H3. The molecule has 4 rings (SSSR count). The smallest absolute Gasteiger partial charge is 0.371 e. The Morgan fingerprint density at radius 2 is 1.71 bits per heavy atom. The van der Waals surface area contributed by atoms with Crippen LogP contribution in [0.4, 0.5) is 30.2 Å². The predicted octanol–water partition coefficient (Wildman–Crippen LogP) is 4.27. The van der Waals surface area contributed by atoms with Gasteiger partial charge in [0, 0.05) is 38.6 Å². The van der Waals surface area contributed by atoms with Crippen molar-refractivity contribution in [1.82, 2.24) is 9.13 Å². The third kappa shape index (κ3) is 3.85. The van der Waals surface area contributed by atoms with Crippen molar-refractivity contribution in [2.45, 2.75) is 19.0 Å². The second-order valence-electron chi connectivity index (χ2n) is 7.87. The van der Waals surface area contributed by atoms with Gasteiger partial charge in [-0.25, -0.2) is 4.79 Å². The molecule has 3 aromatic rings. The molecule has 2 aromatic carbocycles. The van der Waals surface area contributed by atoms with Crippen molar-refractivity contribution in [3.8, 4) is 6.07 Å². The van der Waals surface area contributed by atoms with Gasteiger partial charge in [0.1, 0.15) is 6.07 Å². The maximum atomic E-state index is 12.9. The number of anilines is 3. The molecular formula is C22H22F3N5O. The second-order valence-corrected chi connectivity index (χ2v) is 7.87. The van der Waals surface area contributed by atoms with Crippen molar-refractivity contribution in [1.29, 1.82) is 5.26 Å². The summed E-state index contributed by atoms with van der Waals surface area (Å²) in [7, 11) is 3.41. The van der Waals surface area contributed by atoms with Crippen LogP contribution in [0.25, 0.3) is 11.0 Å². The highest BCUT2D eigenvalue weighted by Gasteiger charge is 2.41. The Kier molecular flexibility index (Phi) is 5.17. The number of aryl methyl sites for hydroxylation is 2. The molecule has 0 saturated carbocycles. The van der Waals surface area contributed by atoms with Gasteiger partial charge < -0.3 is 10.2 Å². The molecule has 1 aromatic heterocycles. The number of hydrogen-bond acceptors (Lipinski definition) is 4. The molecular weight excluding hydrogens is 407 g/mol. The van der Waals surface area contributed by atoms with Crippen LogP contribution < -0.4 is 15.9 Å². The van der Waals surface area contributed by atoms with E-state index < -0.39 is 12.1 Å². The number of benzene rings is 2. The van der Waals surface area contributed by atoms with Gasteiger partial charge in [0.25, 0.3) is 0 Å². The van der Waals surface area contributed by atoms with Crippen LogP contribution in [0.15, 0.2) is 41.2 Å². The predicted molar refractivity (Wildman–Crippen MR) is 114 cm³/mol. The Morgan fingerprint density at radius 1 is 1.03 bits per heavy atom. The Hall–Kier alpha value is -3.41. The summed E-state index contributed by atoms with van der Waals surface area (Å²) in [5.41, 5.74) is 3.90. The van der Waals surface area contributed by atoms with Crippen LogP contribution in [0.2, 0.25) is 0 Å². The minimum absolute atomic E-state index is 0.0567. The molecule has 9 heteroatoms. The summed E-state index contributed by atoms with van der Waals surface area (Å²) in [6.45, 7) is 0.612. The highest BCUT2D eigenvalue weighted by atomic mass is 19.4. The first-order valence-electron chi connectivity index (χ1n) is 9.97. The minimum Gasteiger partial charge on any atom is -0.371 e. The fourth-order valence-electron chi connectivity index (χ4n) is 4.14. The van der Waals surface area contributed by atoms with Crippen LogP contribution in [0.5, 0.6) is 0 Å². The van der Waals surface area contributed by atoms with Gasteiger partial charge in [-0.3, -0.25) is 9.13 Å². The SMILES string of the molecule is Cn1c(=O)n(C)c2cc(Nc3ccc(N4CCC(C(F)(F)F)CC4)cc3C#N)ccc21. The maximum Gasteiger partial charge on any atom is 0.391 e. The van der Waals surface area contributed by atoms with Gasteiger partial charge in [0.05, 0.1) is 28.2 Å². The quantitative estimate of drug-likeness (QED) is 0.675. The first-order chi connectivity index (χ1) is 14.7. The highest BCUT2D eigenvalue weighted by molar-refractivity contribution is 5.82. The molecule has 162 valence electrons. The number of alkyl halides is 3. The van der Waals surface area contributed by atoms with E-state index in [2.05, 4.69) is 11.4 Å². The van der Waals surface area contributed by atoms with Gasteiger partial charge in [-0.15, -0.1) is 0 Å². The molecule has 1 aliphatic rings. The van der Waals surface area contributed by atoms with Crippen LogP contribution in [0, 0.1) is 17.2 Å². The summed E-state index contributed by atoms with van der Waals surface area (Å²) >= 11 is 0. The summed E-state index contributed by atoms with van der Waals surface area (Å²) < 4.78 is 41.8.